The summed E-state index contributed by atoms with van der Waals surface area (Å²) in [5, 5.41) is 0.785. The number of nitrogens with zero attached hydrogens (tertiary/aromatic N) is 3. The maximum Gasteiger partial charge on any atom is 0.260 e. The van der Waals surface area contributed by atoms with E-state index in [9.17, 15) is 4.79 Å². The molecule has 1 N–H and O–H groups in total. The van der Waals surface area contributed by atoms with Gasteiger partial charge in [-0.1, -0.05) is 12.1 Å². The zero-order valence-corrected chi connectivity index (χ0v) is 14.8. The Balaban J connectivity index is 1.54. The van der Waals surface area contributed by atoms with Gasteiger partial charge >= 0.3 is 0 Å². The monoisotopic (exact) mass is 360 g/mol. The van der Waals surface area contributed by atoms with Crippen LogP contribution in [-0.4, -0.2) is 19.9 Å². The Kier molecular flexibility index (Phi) is 3.64. The molecular weight excluding hydrogens is 344 g/mol. The molecule has 5 nitrogen and oxygen atoms in total. The molecular formula is C20H16N4OS. The van der Waals surface area contributed by atoms with Crippen molar-refractivity contribution in [2.24, 2.45) is 0 Å². The molecule has 3 heterocycles. The van der Waals surface area contributed by atoms with Gasteiger partial charge in [-0.25, -0.2) is 9.97 Å². The third-order valence-electron chi connectivity index (χ3n) is 4.72. The molecule has 128 valence electrons. The van der Waals surface area contributed by atoms with E-state index in [2.05, 4.69) is 19.9 Å². The van der Waals surface area contributed by atoms with E-state index >= 15 is 0 Å². The Hall–Kier alpha value is -2.86. The third kappa shape index (κ3) is 2.63. The first-order valence-electron chi connectivity index (χ1n) is 8.72. The van der Waals surface area contributed by atoms with Crippen molar-refractivity contribution in [1.82, 2.24) is 19.9 Å². The predicted octanol–water partition coefficient (Wildman–Crippen LogP) is 3.98. The number of hydrogen-bond acceptors (Lipinski definition) is 5. The van der Waals surface area contributed by atoms with Crippen LogP contribution in [0.1, 0.15) is 34.8 Å². The van der Waals surface area contributed by atoms with E-state index in [-0.39, 0.29) is 5.56 Å². The number of thiophene rings is 1. The van der Waals surface area contributed by atoms with Gasteiger partial charge in [0.1, 0.15) is 10.7 Å². The summed E-state index contributed by atoms with van der Waals surface area (Å²) in [6.45, 7) is 0. The molecule has 26 heavy (non-hydrogen) atoms. The van der Waals surface area contributed by atoms with Crippen molar-refractivity contribution in [3.05, 3.63) is 62.8 Å². The van der Waals surface area contributed by atoms with Crippen LogP contribution >= 0.6 is 11.3 Å². The van der Waals surface area contributed by atoms with Crippen LogP contribution < -0.4 is 5.56 Å². The van der Waals surface area contributed by atoms with Gasteiger partial charge in [0.25, 0.3) is 5.56 Å². The van der Waals surface area contributed by atoms with Crippen LogP contribution in [0, 0.1) is 0 Å². The molecule has 0 saturated heterocycles. The van der Waals surface area contributed by atoms with E-state index in [4.69, 9.17) is 0 Å². The average Bonchev–Trinajstić information content (AvgIpc) is 3.05. The number of nitrogens with one attached hydrogen (secondary N) is 1. The second kappa shape index (κ2) is 6.14. The highest BCUT2D eigenvalue weighted by molar-refractivity contribution is 7.18. The Morgan fingerprint density at radius 2 is 1.88 bits per heavy atom. The average molecular weight is 360 g/mol. The largest absolute Gasteiger partial charge is 0.306 e. The first-order valence-corrected chi connectivity index (χ1v) is 9.54. The van der Waals surface area contributed by atoms with Gasteiger partial charge in [-0.2, -0.15) is 0 Å². The molecule has 0 aliphatic heterocycles. The lowest BCUT2D eigenvalue weighted by molar-refractivity contribution is 0.700. The van der Waals surface area contributed by atoms with E-state index in [1.54, 1.807) is 23.6 Å². The molecule has 1 aliphatic carbocycles. The first-order chi connectivity index (χ1) is 12.8. The zero-order chi connectivity index (χ0) is 17.5. The fraction of sp³-hybridized carbons (Fsp3) is 0.200. The van der Waals surface area contributed by atoms with E-state index in [1.807, 2.05) is 30.3 Å². The van der Waals surface area contributed by atoms with Crippen molar-refractivity contribution in [3.63, 3.8) is 0 Å². The van der Waals surface area contributed by atoms with Crippen LogP contribution in [0.2, 0.25) is 0 Å². The van der Waals surface area contributed by atoms with Crippen LogP contribution in [-0.2, 0) is 12.8 Å². The van der Waals surface area contributed by atoms with E-state index in [0.717, 1.165) is 46.2 Å². The quantitative estimate of drug-likeness (QED) is 0.587. The second-order valence-corrected chi connectivity index (χ2v) is 7.54. The van der Waals surface area contributed by atoms with Crippen molar-refractivity contribution in [1.29, 1.82) is 0 Å². The molecule has 0 radical (unpaired) electrons. The highest BCUT2D eigenvalue weighted by atomic mass is 32.1. The van der Waals surface area contributed by atoms with Gasteiger partial charge in [0.2, 0.25) is 0 Å². The molecule has 0 atom stereocenters. The predicted molar refractivity (Wildman–Crippen MR) is 105 cm³/mol. The maximum absolute atomic E-state index is 12.6. The molecule has 3 aromatic heterocycles. The number of benzene rings is 1. The Morgan fingerprint density at radius 3 is 2.81 bits per heavy atom. The normalized spacial score (nSPS) is 14.3. The second-order valence-electron chi connectivity index (χ2n) is 6.46. The SMILES string of the molecule is O=c1[nH]c(/C=C/c2cnc3ccccc3n2)nc2sc3c(c12)CCCC3. The zero-order valence-electron chi connectivity index (χ0n) is 14.0. The number of hydrogen-bond donors (Lipinski definition) is 1. The molecule has 0 fully saturated rings. The molecule has 1 aromatic carbocycles. The summed E-state index contributed by atoms with van der Waals surface area (Å²) >= 11 is 1.66. The Labute approximate surface area is 153 Å². The fourth-order valence-corrected chi connectivity index (χ4v) is 4.74. The summed E-state index contributed by atoms with van der Waals surface area (Å²) in [6, 6.07) is 7.75. The van der Waals surface area contributed by atoms with Crippen LogP contribution in [0.5, 0.6) is 0 Å². The summed E-state index contributed by atoms with van der Waals surface area (Å²) in [4.78, 5) is 31.2. The van der Waals surface area contributed by atoms with Crippen LogP contribution in [0.4, 0.5) is 0 Å². The van der Waals surface area contributed by atoms with Crippen molar-refractivity contribution in [2.75, 3.05) is 0 Å². The fourth-order valence-electron chi connectivity index (χ4n) is 3.48. The molecule has 0 amide bonds. The van der Waals surface area contributed by atoms with E-state index in [1.165, 1.54) is 16.9 Å². The van der Waals surface area contributed by atoms with Crippen molar-refractivity contribution >= 4 is 44.7 Å². The summed E-state index contributed by atoms with van der Waals surface area (Å²) in [6.07, 6.45) is 9.75. The number of rotatable bonds is 2. The first kappa shape index (κ1) is 15.4. The standard InChI is InChI=1S/C20H16N4OS/c25-19-18-13-5-1-4-8-16(13)26-20(18)24-17(23-19)10-9-12-11-21-14-6-2-3-7-15(14)22-12/h2-3,6-7,9-11H,1,4-5,8H2,(H,23,24,25)/b10-9+. The Bertz CT molecular complexity index is 1220. The van der Waals surface area contributed by atoms with Gasteiger partial charge in [-0.3, -0.25) is 9.78 Å². The molecule has 0 unspecified atom stereocenters. The van der Waals surface area contributed by atoms with E-state index in [0.29, 0.717) is 5.82 Å². The van der Waals surface area contributed by atoms with Crippen LogP contribution in [0.25, 0.3) is 33.4 Å². The van der Waals surface area contributed by atoms with Gasteiger partial charge in [0.15, 0.2) is 0 Å². The van der Waals surface area contributed by atoms with Crippen LogP contribution in [0.15, 0.2) is 35.3 Å². The van der Waals surface area contributed by atoms with Crippen molar-refractivity contribution in [3.8, 4) is 0 Å². The minimum atomic E-state index is -0.0429. The summed E-state index contributed by atoms with van der Waals surface area (Å²) in [7, 11) is 0. The Morgan fingerprint density at radius 1 is 1.04 bits per heavy atom. The van der Waals surface area contributed by atoms with Gasteiger partial charge in [0.05, 0.1) is 28.3 Å². The topological polar surface area (TPSA) is 71.5 Å². The molecule has 0 bridgehead atoms. The minimum Gasteiger partial charge on any atom is -0.306 e. The molecule has 0 saturated carbocycles. The molecule has 6 heteroatoms. The number of aromatic nitrogens is 4. The smallest absolute Gasteiger partial charge is 0.260 e. The van der Waals surface area contributed by atoms with E-state index < -0.39 is 0 Å². The molecule has 1 aliphatic rings. The lowest BCUT2D eigenvalue weighted by atomic mass is 9.97. The summed E-state index contributed by atoms with van der Waals surface area (Å²) < 4.78 is 0. The molecule has 4 aromatic rings. The minimum absolute atomic E-state index is 0.0429. The van der Waals surface area contributed by atoms with Crippen molar-refractivity contribution in [2.45, 2.75) is 25.7 Å². The van der Waals surface area contributed by atoms with Gasteiger partial charge in [-0.05, 0) is 55.5 Å². The maximum atomic E-state index is 12.6. The number of aromatic amines is 1. The van der Waals surface area contributed by atoms with Crippen molar-refractivity contribution < 1.29 is 0 Å². The highest BCUT2D eigenvalue weighted by Crippen LogP contribution is 2.33. The summed E-state index contributed by atoms with van der Waals surface area (Å²) in [5.41, 5.74) is 3.61. The lowest BCUT2D eigenvalue weighted by Gasteiger charge is -2.09. The van der Waals surface area contributed by atoms with Gasteiger partial charge in [0, 0.05) is 4.88 Å². The number of fused-ring (bicyclic) bond motifs is 4. The highest BCUT2D eigenvalue weighted by Gasteiger charge is 2.19. The third-order valence-corrected chi connectivity index (χ3v) is 5.91. The number of para-hydroxylation sites is 2. The number of aryl methyl sites for hydroxylation is 2. The summed E-state index contributed by atoms with van der Waals surface area (Å²) in [5.74, 6) is 0.552. The molecule has 5 rings (SSSR count). The van der Waals surface area contributed by atoms with Gasteiger partial charge < -0.3 is 4.98 Å². The van der Waals surface area contributed by atoms with Gasteiger partial charge in [-0.15, -0.1) is 11.3 Å². The number of H-pyrrole nitrogens is 1. The van der Waals surface area contributed by atoms with Crippen LogP contribution in [0.3, 0.4) is 0 Å². The molecule has 0 spiro atoms. The lowest BCUT2D eigenvalue weighted by Crippen LogP contribution is -2.11.